The Morgan fingerprint density at radius 2 is 2.00 bits per heavy atom. The highest BCUT2D eigenvalue weighted by Gasteiger charge is 2.27. The third-order valence-corrected chi connectivity index (χ3v) is 4.31. The van der Waals surface area contributed by atoms with Gasteiger partial charge in [0, 0.05) is 18.7 Å². The third kappa shape index (κ3) is 3.11. The molecule has 0 saturated carbocycles. The first-order valence-corrected chi connectivity index (χ1v) is 7.02. The molecular weight excluding hydrogens is 258 g/mol. The SMILES string of the molecule is COCC(C)NS(=O)(=O)c1c(C)oc(C)c1CO. The number of rotatable bonds is 6. The number of hydrogen-bond donors (Lipinski definition) is 2. The minimum atomic E-state index is -3.72. The summed E-state index contributed by atoms with van der Waals surface area (Å²) in [5.41, 5.74) is 0.296. The molecule has 0 spiro atoms. The maximum absolute atomic E-state index is 12.2. The van der Waals surface area contributed by atoms with Crippen LogP contribution >= 0.6 is 0 Å². The summed E-state index contributed by atoms with van der Waals surface area (Å²) in [7, 11) is -2.22. The second kappa shape index (κ2) is 5.83. The lowest BCUT2D eigenvalue weighted by atomic mass is 10.2. The van der Waals surface area contributed by atoms with E-state index in [9.17, 15) is 13.5 Å². The highest BCUT2D eigenvalue weighted by molar-refractivity contribution is 7.89. The number of furan rings is 1. The molecule has 0 fully saturated rings. The molecule has 1 aromatic heterocycles. The second-order valence-corrected chi connectivity index (χ2v) is 5.81. The normalized spacial score (nSPS) is 13.8. The van der Waals surface area contributed by atoms with Gasteiger partial charge in [-0.15, -0.1) is 0 Å². The molecule has 0 radical (unpaired) electrons. The molecule has 1 aromatic rings. The van der Waals surface area contributed by atoms with E-state index in [-0.39, 0.29) is 29.9 Å². The molecule has 0 aromatic carbocycles. The van der Waals surface area contributed by atoms with Gasteiger partial charge in [0.05, 0.1) is 13.2 Å². The van der Waals surface area contributed by atoms with Gasteiger partial charge in [0.1, 0.15) is 16.4 Å². The summed E-state index contributed by atoms with van der Waals surface area (Å²) in [6.45, 7) is 4.77. The third-order valence-electron chi connectivity index (χ3n) is 2.52. The number of hydrogen-bond acceptors (Lipinski definition) is 5. The van der Waals surface area contributed by atoms with Gasteiger partial charge in [-0.25, -0.2) is 13.1 Å². The minimum Gasteiger partial charge on any atom is -0.465 e. The van der Waals surface area contributed by atoms with Crippen molar-refractivity contribution < 1.29 is 22.7 Å². The highest BCUT2D eigenvalue weighted by Crippen LogP contribution is 2.26. The molecule has 0 aliphatic carbocycles. The van der Waals surface area contributed by atoms with E-state index in [0.717, 1.165) is 0 Å². The van der Waals surface area contributed by atoms with Crippen molar-refractivity contribution in [2.45, 2.75) is 38.3 Å². The minimum absolute atomic E-state index is 0.0189. The zero-order chi connectivity index (χ0) is 13.9. The molecule has 0 saturated heterocycles. The monoisotopic (exact) mass is 277 g/mol. The molecule has 0 aliphatic rings. The van der Waals surface area contributed by atoms with Crippen molar-refractivity contribution in [2.75, 3.05) is 13.7 Å². The number of sulfonamides is 1. The van der Waals surface area contributed by atoms with Crippen LogP contribution in [0.3, 0.4) is 0 Å². The van der Waals surface area contributed by atoms with Crippen LogP contribution in [-0.2, 0) is 21.4 Å². The van der Waals surface area contributed by atoms with Gasteiger partial charge in [-0.1, -0.05) is 0 Å². The molecule has 0 amide bonds. The fourth-order valence-corrected chi connectivity index (χ4v) is 3.52. The van der Waals surface area contributed by atoms with Crippen LogP contribution in [-0.4, -0.2) is 33.3 Å². The summed E-state index contributed by atoms with van der Waals surface area (Å²) >= 11 is 0. The first-order chi connectivity index (χ1) is 8.33. The van der Waals surface area contributed by atoms with Gasteiger partial charge >= 0.3 is 0 Å². The average molecular weight is 277 g/mol. The Balaban J connectivity index is 3.12. The molecule has 7 heteroatoms. The number of aliphatic hydroxyl groups excluding tert-OH is 1. The van der Waals surface area contributed by atoms with Crippen LogP contribution in [0.25, 0.3) is 0 Å². The number of aryl methyl sites for hydroxylation is 2. The van der Waals surface area contributed by atoms with E-state index < -0.39 is 10.0 Å². The summed E-state index contributed by atoms with van der Waals surface area (Å²) in [6, 6.07) is -0.360. The predicted octanol–water partition coefficient (Wildman–Crippen LogP) is 0.702. The van der Waals surface area contributed by atoms with Crippen LogP contribution in [0.4, 0.5) is 0 Å². The number of aliphatic hydroxyl groups is 1. The fraction of sp³-hybridized carbons (Fsp3) is 0.636. The zero-order valence-corrected chi connectivity index (χ0v) is 11.8. The van der Waals surface area contributed by atoms with Crippen molar-refractivity contribution in [3.05, 3.63) is 17.1 Å². The maximum Gasteiger partial charge on any atom is 0.244 e. The second-order valence-electron chi connectivity index (χ2n) is 4.16. The molecule has 0 aliphatic heterocycles. The lowest BCUT2D eigenvalue weighted by Gasteiger charge is -2.13. The van der Waals surface area contributed by atoms with Crippen molar-refractivity contribution in [3.63, 3.8) is 0 Å². The van der Waals surface area contributed by atoms with E-state index in [2.05, 4.69) is 4.72 Å². The van der Waals surface area contributed by atoms with Gasteiger partial charge in [0.2, 0.25) is 10.0 Å². The van der Waals surface area contributed by atoms with Crippen LogP contribution in [0.5, 0.6) is 0 Å². The molecule has 1 unspecified atom stereocenters. The van der Waals surface area contributed by atoms with Gasteiger partial charge in [-0.2, -0.15) is 0 Å². The predicted molar refractivity (Wildman–Crippen MR) is 65.8 cm³/mol. The lowest BCUT2D eigenvalue weighted by Crippen LogP contribution is -2.36. The van der Waals surface area contributed by atoms with E-state index in [0.29, 0.717) is 11.3 Å². The van der Waals surface area contributed by atoms with Gasteiger partial charge < -0.3 is 14.3 Å². The maximum atomic E-state index is 12.2. The molecule has 18 heavy (non-hydrogen) atoms. The molecular formula is C11H19NO5S. The molecule has 1 rings (SSSR count). The van der Waals surface area contributed by atoms with Gasteiger partial charge in [-0.05, 0) is 20.8 Å². The number of methoxy groups -OCH3 is 1. The topological polar surface area (TPSA) is 88.8 Å². The van der Waals surface area contributed by atoms with E-state index in [1.807, 2.05) is 0 Å². The van der Waals surface area contributed by atoms with E-state index in [1.54, 1.807) is 20.8 Å². The van der Waals surface area contributed by atoms with Crippen LogP contribution in [0.2, 0.25) is 0 Å². The smallest absolute Gasteiger partial charge is 0.244 e. The summed E-state index contributed by atoms with van der Waals surface area (Å²) in [6.07, 6.45) is 0. The standard InChI is InChI=1S/C11H19NO5S/c1-7(6-16-4)12-18(14,15)11-9(3)17-8(2)10(11)5-13/h7,12-13H,5-6H2,1-4H3. The zero-order valence-electron chi connectivity index (χ0n) is 11.0. The summed E-state index contributed by atoms with van der Waals surface area (Å²) in [5, 5.41) is 9.24. The summed E-state index contributed by atoms with van der Waals surface area (Å²) in [5.74, 6) is 0.684. The Morgan fingerprint density at radius 3 is 2.50 bits per heavy atom. The average Bonchev–Trinajstić information content (AvgIpc) is 2.52. The fourth-order valence-electron chi connectivity index (χ4n) is 1.85. The molecule has 2 N–H and O–H groups in total. The molecule has 6 nitrogen and oxygen atoms in total. The van der Waals surface area contributed by atoms with Crippen molar-refractivity contribution in [1.82, 2.24) is 4.72 Å². The van der Waals surface area contributed by atoms with Gasteiger partial charge in [-0.3, -0.25) is 0 Å². The van der Waals surface area contributed by atoms with E-state index in [4.69, 9.17) is 9.15 Å². The van der Waals surface area contributed by atoms with Crippen molar-refractivity contribution in [2.24, 2.45) is 0 Å². The van der Waals surface area contributed by atoms with Crippen molar-refractivity contribution in [1.29, 1.82) is 0 Å². The molecule has 0 bridgehead atoms. The van der Waals surface area contributed by atoms with Crippen LogP contribution < -0.4 is 4.72 Å². The van der Waals surface area contributed by atoms with Crippen molar-refractivity contribution in [3.8, 4) is 0 Å². The first kappa shape index (κ1) is 15.2. The van der Waals surface area contributed by atoms with E-state index >= 15 is 0 Å². The Labute approximate surface area is 107 Å². The quantitative estimate of drug-likeness (QED) is 0.799. The highest BCUT2D eigenvalue weighted by atomic mass is 32.2. The van der Waals surface area contributed by atoms with E-state index in [1.165, 1.54) is 7.11 Å². The molecule has 104 valence electrons. The van der Waals surface area contributed by atoms with Gasteiger partial charge in [0.15, 0.2) is 0 Å². The summed E-state index contributed by atoms with van der Waals surface area (Å²) in [4.78, 5) is 0.0189. The summed E-state index contributed by atoms with van der Waals surface area (Å²) < 4.78 is 37.0. The van der Waals surface area contributed by atoms with Crippen molar-refractivity contribution >= 4 is 10.0 Å². The number of nitrogens with one attached hydrogen (secondary N) is 1. The van der Waals surface area contributed by atoms with Crippen LogP contribution in [0.1, 0.15) is 24.0 Å². The Hall–Kier alpha value is -0.890. The Morgan fingerprint density at radius 1 is 1.39 bits per heavy atom. The van der Waals surface area contributed by atoms with Gasteiger partial charge in [0.25, 0.3) is 0 Å². The lowest BCUT2D eigenvalue weighted by molar-refractivity contribution is 0.180. The Kier molecular flexibility index (Phi) is 4.92. The molecule has 1 atom stereocenters. The number of ether oxygens (including phenoxy) is 1. The van der Waals surface area contributed by atoms with Crippen LogP contribution in [0, 0.1) is 13.8 Å². The Bertz CT molecular complexity index is 506. The first-order valence-electron chi connectivity index (χ1n) is 5.54. The largest absolute Gasteiger partial charge is 0.465 e. The molecule has 1 heterocycles. The van der Waals surface area contributed by atoms with Crippen LogP contribution in [0.15, 0.2) is 9.31 Å².